The first-order valence-electron chi connectivity index (χ1n) is 10.0. The highest BCUT2D eigenvalue weighted by Crippen LogP contribution is 2.21. The van der Waals surface area contributed by atoms with Crippen molar-refractivity contribution < 1.29 is 4.79 Å². The minimum absolute atomic E-state index is 0. The zero-order chi connectivity index (χ0) is 17.6. The molecule has 4 nitrogen and oxygen atoms in total. The van der Waals surface area contributed by atoms with Gasteiger partial charge < -0.3 is 9.80 Å². The summed E-state index contributed by atoms with van der Waals surface area (Å²) in [6.07, 6.45) is 8.63. The molecule has 2 aliphatic rings. The number of nitrogens with zero attached hydrogens (tertiary/aromatic N) is 3. The number of piperidine rings is 2. The lowest BCUT2D eigenvalue weighted by Gasteiger charge is -2.37. The maximum atomic E-state index is 13.2. The van der Waals surface area contributed by atoms with E-state index in [1.54, 1.807) is 12.4 Å². The van der Waals surface area contributed by atoms with E-state index >= 15 is 0 Å². The lowest BCUT2D eigenvalue weighted by Crippen LogP contribution is -2.45. The van der Waals surface area contributed by atoms with Crippen LogP contribution in [0.15, 0.2) is 24.5 Å². The van der Waals surface area contributed by atoms with Crippen molar-refractivity contribution in [2.75, 3.05) is 39.3 Å². The van der Waals surface area contributed by atoms with E-state index < -0.39 is 0 Å². The van der Waals surface area contributed by atoms with Crippen LogP contribution in [0.5, 0.6) is 0 Å². The largest absolute Gasteiger partial charge is 0.302 e. The number of likely N-dealkylation sites (tertiary alicyclic amines) is 2. The second kappa shape index (κ2) is 12.0. The number of hydrogen-bond acceptors (Lipinski definition) is 4. The van der Waals surface area contributed by atoms with E-state index in [0.717, 1.165) is 56.7 Å². The number of hydrogen-bond donors (Lipinski definition) is 0. The number of ketones is 1. The summed E-state index contributed by atoms with van der Waals surface area (Å²) >= 11 is 0. The molecule has 27 heavy (non-hydrogen) atoms. The van der Waals surface area contributed by atoms with Crippen LogP contribution < -0.4 is 0 Å². The molecular formula is C21H35Cl2N3O. The van der Waals surface area contributed by atoms with Crippen molar-refractivity contribution in [1.82, 2.24) is 14.8 Å². The van der Waals surface area contributed by atoms with Crippen molar-refractivity contribution in [1.29, 1.82) is 0 Å². The fourth-order valence-electron chi connectivity index (χ4n) is 4.50. The lowest BCUT2D eigenvalue weighted by molar-refractivity contribution is 0.0744. The zero-order valence-corrected chi connectivity index (χ0v) is 18.3. The standard InChI is InChI=1S/C21H33N3O.2ClH/c1-17-6-4-10-23(13-17)15-20(16-24-11-5-7-18(2)14-24)21(25)19-8-3-9-22-12-19;;/h3,8-9,12,17-18,20H,4-7,10-11,13-16H2,1-2H3;2*1H. The summed E-state index contributed by atoms with van der Waals surface area (Å²) in [4.78, 5) is 22.3. The number of carbonyl (C=O) groups is 1. The molecule has 2 atom stereocenters. The summed E-state index contributed by atoms with van der Waals surface area (Å²) in [6.45, 7) is 11.0. The maximum absolute atomic E-state index is 13.2. The van der Waals surface area contributed by atoms with E-state index in [1.165, 1.54) is 25.7 Å². The van der Waals surface area contributed by atoms with Gasteiger partial charge in [0.15, 0.2) is 5.78 Å². The Morgan fingerprint density at radius 3 is 2.07 bits per heavy atom. The Bertz CT molecular complexity index is 534. The Balaban J connectivity index is 0.00000182. The third-order valence-corrected chi connectivity index (χ3v) is 5.76. The highest BCUT2D eigenvalue weighted by molar-refractivity contribution is 5.97. The molecular weight excluding hydrogens is 381 g/mol. The van der Waals surface area contributed by atoms with Crippen LogP contribution in [0, 0.1) is 17.8 Å². The van der Waals surface area contributed by atoms with Crippen LogP contribution in [0.4, 0.5) is 0 Å². The number of carbonyl (C=O) groups excluding carboxylic acids is 1. The van der Waals surface area contributed by atoms with E-state index in [4.69, 9.17) is 0 Å². The van der Waals surface area contributed by atoms with Crippen LogP contribution >= 0.6 is 24.8 Å². The van der Waals surface area contributed by atoms with Crippen molar-refractivity contribution in [2.45, 2.75) is 39.5 Å². The first-order valence-corrected chi connectivity index (χ1v) is 10.0. The predicted molar refractivity (Wildman–Crippen MR) is 116 cm³/mol. The monoisotopic (exact) mass is 415 g/mol. The third-order valence-electron chi connectivity index (χ3n) is 5.76. The Labute approximate surface area is 176 Å². The quantitative estimate of drug-likeness (QED) is 0.652. The molecule has 2 aliphatic heterocycles. The van der Waals surface area contributed by atoms with Crippen molar-refractivity contribution in [3.05, 3.63) is 30.1 Å². The van der Waals surface area contributed by atoms with E-state index in [2.05, 4.69) is 28.6 Å². The SMILES string of the molecule is CC1CCCN(CC(CN2CCCC(C)C2)C(=O)c2cccnc2)C1.Cl.Cl. The molecule has 0 aliphatic carbocycles. The molecule has 2 unspecified atom stereocenters. The van der Waals surface area contributed by atoms with Gasteiger partial charge in [0, 0.05) is 50.1 Å². The van der Waals surface area contributed by atoms with E-state index in [-0.39, 0.29) is 36.5 Å². The van der Waals surface area contributed by atoms with Gasteiger partial charge in [-0.2, -0.15) is 0 Å². The number of rotatable bonds is 6. The number of Topliss-reactive ketones (excluding diaryl/α,β-unsaturated/α-hetero) is 1. The van der Waals surface area contributed by atoms with Gasteiger partial charge in [0.1, 0.15) is 0 Å². The molecule has 0 amide bonds. The van der Waals surface area contributed by atoms with Crippen molar-refractivity contribution in [3.63, 3.8) is 0 Å². The second-order valence-electron chi connectivity index (χ2n) is 8.32. The average molecular weight is 416 g/mol. The number of pyridine rings is 1. The highest BCUT2D eigenvalue weighted by atomic mass is 35.5. The highest BCUT2D eigenvalue weighted by Gasteiger charge is 2.28. The fraction of sp³-hybridized carbons (Fsp3) is 0.714. The normalized spacial score (nSPS) is 25.1. The molecule has 3 rings (SSSR count). The Kier molecular flexibility index (Phi) is 10.8. The minimum Gasteiger partial charge on any atom is -0.302 e. The molecule has 6 heteroatoms. The van der Waals surface area contributed by atoms with Crippen LogP contribution in [-0.2, 0) is 0 Å². The number of aromatic nitrogens is 1. The Morgan fingerprint density at radius 1 is 1.07 bits per heavy atom. The minimum atomic E-state index is 0. The zero-order valence-electron chi connectivity index (χ0n) is 16.7. The smallest absolute Gasteiger partial charge is 0.170 e. The first kappa shape index (κ1) is 24.4. The molecule has 0 radical (unpaired) electrons. The van der Waals surface area contributed by atoms with Crippen LogP contribution in [0.25, 0.3) is 0 Å². The lowest BCUT2D eigenvalue weighted by atomic mass is 9.93. The molecule has 0 saturated carbocycles. The summed E-state index contributed by atoms with van der Waals surface area (Å²) in [6, 6.07) is 3.79. The molecule has 2 saturated heterocycles. The maximum Gasteiger partial charge on any atom is 0.170 e. The first-order chi connectivity index (χ1) is 12.1. The van der Waals surface area contributed by atoms with Gasteiger partial charge in [0.2, 0.25) is 0 Å². The molecule has 0 N–H and O–H groups in total. The topological polar surface area (TPSA) is 36.4 Å². The summed E-state index contributed by atoms with van der Waals surface area (Å²) in [5.41, 5.74) is 0.766. The average Bonchev–Trinajstić information content (AvgIpc) is 2.61. The van der Waals surface area contributed by atoms with Crippen LogP contribution in [0.1, 0.15) is 49.9 Å². The summed E-state index contributed by atoms with van der Waals surface area (Å²) in [5.74, 6) is 1.82. The Hall–Kier alpha value is -0.680. The summed E-state index contributed by atoms with van der Waals surface area (Å²) < 4.78 is 0. The van der Waals surface area contributed by atoms with Crippen molar-refractivity contribution in [2.24, 2.45) is 17.8 Å². The fourth-order valence-corrected chi connectivity index (χ4v) is 4.50. The summed E-state index contributed by atoms with van der Waals surface area (Å²) in [5, 5.41) is 0. The van der Waals surface area contributed by atoms with Gasteiger partial charge >= 0.3 is 0 Å². The molecule has 0 bridgehead atoms. The Morgan fingerprint density at radius 2 is 1.63 bits per heavy atom. The van der Waals surface area contributed by atoms with Gasteiger partial charge in [-0.3, -0.25) is 9.78 Å². The summed E-state index contributed by atoms with van der Waals surface area (Å²) in [7, 11) is 0. The van der Waals surface area contributed by atoms with E-state index in [9.17, 15) is 4.79 Å². The molecule has 154 valence electrons. The van der Waals surface area contributed by atoms with Crippen LogP contribution in [0.3, 0.4) is 0 Å². The van der Waals surface area contributed by atoms with Gasteiger partial charge in [0.25, 0.3) is 0 Å². The van der Waals surface area contributed by atoms with Gasteiger partial charge in [-0.25, -0.2) is 0 Å². The molecule has 3 heterocycles. The van der Waals surface area contributed by atoms with Gasteiger partial charge in [-0.15, -0.1) is 24.8 Å². The van der Waals surface area contributed by atoms with Gasteiger partial charge in [-0.1, -0.05) is 13.8 Å². The van der Waals surface area contributed by atoms with Gasteiger partial charge in [-0.05, 0) is 62.7 Å². The molecule has 0 aromatic carbocycles. The van der Waals surface area contributed by atoms with Crippen LogP contribution in [-0.4, -0.2) is 59.8 Å². The number of halogens is 2. The molecule has 1 aromatic rings. The third kappa shape index (κ3) is 7.34. The van der Waals surface area contributed by atoms with Crippen LogP contribution in [0.2, 0.25) is 0 Å². The second-order valence-corrected chi connectivity index (χ2v) is 8.32. The van der Waals surface area contributed by atoms with Crippen molar-refractivity contribution in [3.8, 4) is 0 Å². The molecule has 1 aromatic heterocycles. The van der Waals surface area contributed by atoms with Crippen molar-refractivity contribution >= 4 is 30.6 Å². The van der Waals surface area contributed by atoms with E-state index in [0.29, 0.717) is 0 Å². The van der Waals surface area contributed by atoms with Gasteiger partial charge in [0.05, 0.1) is 0 Å². The predicted octanol–water partition coefficient (Wildman–Crippen LogP) is 4.19. The van der Waals surface area contributed by atoms with E-state index in [1.807, 2.05) is 12.1 Å². The molecule has 2 fully saturated rings. The molecule has 0 spiro atoms.